The van der Waals surface area contributed by atoms with Crippen molar-refractivity contribution in [1.29, 1.82) is 0 Å². The molecule has 0 saturated carbocycles. The molecule has 102 valence electrons. The van der Waals surface area contributed by atoms with E-state index in [9.17, 15) is 0 Å². The van der Waals surface area contributed by atoms with Gasteiger partial charge in [-0.05, 0) is 32.4 Å². The molecule has 2 unspecified atom stereocenters. The van der Waals surface area contributed by atoms with Crippen molar-refractivity contribution in [3.63, 3.8) is 0 Å². The van der Waals surface area contributed by atoms with E-state index in [4.69, 9.17) is 27.9 Å². The molecule has 1 N–H and O–H groups in total. The maximum atomic E-state index is 6.05. The summed E-state index contributed by atoms with van der Waals surface area (Å²) in [6.07, 6.45) is 2.41. The maximum Gasteiger partial charge on any atom is 0.139 e. The van der Waals surface area contributed by atoms with Gasteiger partial charge in [-0.15, -0.1) is 0 Å². The van der Waals surface area contributed by atoms with Crippen LogP contribution >= 0.6 is 23.2 Å². The third-order valence-corrected chi connectivity index (χ3v) is 3.24. The van der Waals surface area contributed by atoms with Crippen LogP contribution in [0.2, 0.25) is 10.0 Å². The Hall–Kier alpha value is -0.440. The number of hydrogen-bond donors (Lipinski definition) is 1. The highest BCUT2D eigenvalue weighted by molar-refractivity contribution is 6.34. The monoisotopic (exact) mass is 289 g/mol. The standard InChI is InChI=1S/C14H21Cl2NO/c1-4-5-10(2)17-9-11(3)18-14-8-12(15)6-7-13(14)16/h6-8,10-11,17H,4-5,9H2,1-3H3. The fourth-order valence-electron chi connectivity index (χ4n) is 1.73. The molecule has 0 saturated heterocycles. The van der Waals surface area contributed by atoms with Crippen LogP contribution in [0.25, 0.3) is 0 Å². The van der Waals surface area contributed by atoms with E-state index < -0.39 is 0 Å². The van der Waals surface area contributed by atoms with Crippen LogP contribution in [0, 0.1) is 0 Å². The van der Waals surface area contributed by atoms with Gasteiger partial charge < -0.3 is 10.1 Å². The smallest absolute Gasteiger partial charge is 0.139 e. The lowest BCUT2D eigenvalue weighted by molar-refractivity contribution is 0.211. The topological polar surface area (TPSA) is 21.3 Å². The Kier molecular flexibility index (Phi) is 6.83. The van der Waals surface area contributed by atoms with E-state index in [1.54, 1.807) is 18.2 Å². The van der Waals surface area contributed by atoms with Crippen LogP contribution in [0.15, 0.2) is 18.2 Å². The first-order chi connectivity index (χ1) is 8.52. The van der Waals surface area contributed by atoms with E-state index in [1.165, 1.54) is 12.8 Å². The van der Waals surface area contributed by atoms with E-state index in [1.807, 2.05) is 6.92 Å². The van der Waals surface area contributed by atoms with Crippen LogP contribution < -0.4 is 10.1 Å². The number of rotatable bonds is 7. The molecular weight excluding hydrogens is 269 g/mol. The Labute approximate surface area is 120 Å². The van der Waals surface area contributed by atoms with Crippen molar-refractivity contribution in [2.24, 2.45) is 0 Å². The summed E-state index contributed by atoms with van der Waals surface area (Å²) in [7, 11) is 0. The molecule has 0 heterocycles. The Morgan fingerprint density at radius 2 is 2.00 bits per heavy atom. The summed E-state index contributed by atoms with van der Waals surface area (Å²) in [6, 6.07) is 5.76. The minimum Gasteiger partial charge on any atom is -0.488 e. The third kappa shape index (κ3) is 5.47. The second-order valence-electron chi connectivity index (χ2n) is 4.60. The van der Waals surface area contributed by atoms with Crippen molar-refractivity contribution >= 4 is 23.2 Å². The van der Waals surface area contributed by atoms with Crippen LogP contribution in [0.5, 0.6) is 5.75 Å². The lowest BCUT2D eigenvalue weighted by Crippen LogP contribution is -2.35. The van der Waals surface area contributed by atoms with Crippen molar-refractivity contribution in [2.75, 3.05) is 6.54 Å². The molecule has 0 radical (unpaired) electrons. The zero-order valence-electron chi connectivity index (χ0n) is 11.2. The van der Waals surface area contributed by atoms with E-state index in [0.29, 0.717) is 21.8 Å². The molecule has 0 spiro atoms. The predicted octanol–water partition coefficient (Wildman–Crippen LogP) is 4.54. The van der Waals surface area contributed by atoms with Gasteiger partial charge in [0.1, 0.15) is 11.9 Å². The molecule has 4 heteroatoms. The second-order valence-corrected chi connectivity index (χ2v) is 5.44. The summed E-state index contributed by atoms with van der Waals surface area (Å²) in [6.45, 7) is 7.18. The molecule has 0 amide bonds. The van der Waals surface area contributed by atoms with Crippen molar-refractivity contribution in [2.45, 2.75) is 45.8 Å². The zero-order chi connectivity index (χ0) is 13.5. The van der Waals surface area contributed by atoms with E-state index in [2.05, 4.69) is 19.2 Å². The molecule has 0 aliphatic heterocycles. The number of nitrogens with one attached hydrogen (secondary N) is 1. The van der Waals surface area contributed by atoms with Crippen LogP contribution in [0.1, 0.15) is 33.6 Å². The summed E-state index contributed by atoms with van der Waals surface area (Å²) < 4.78 is 5.78. The third-order valence-electron chi connectivity index (χ3n) is 2.70. The summed E-state index contributed by atoms with van der Waals surface area (Å²) in [5.74, 6) is 0.640. The SMILES string of the molecule is CCCC(C)NCC(C)Oc1cc(Cl)ccc1Cl. The Bertz CT molecular complexity index is 371. The molecule has 0 bridgehead atoms. The largest absolute Gasteiger partial charge is 0.488 e. The maximum absolute atomic E-state index is 6.05. The number of benzene rings is 1. The Morgan fingerprint density at radius 3 is 2.67 bits per heavy atom. The fraction of sp³-hybridized carbons (Fsp3) is 0.571. The van der Waals surface area contributed by atoms with E-state index in [-0.39, 0.29) is 6.10 Å². The zero-order valence-corrected chi connectivity index (χ0v) is 12.7. The molecule has 18 heavy (non-hydrogen) atoms. The van der Waals surface area contributed by atoms with Gasteiger partial charge in [-0.2, -0.15) is 0 Å². The Balaban J connectivity index is 2.44. The predicted molar refractivity (Wildman–Crippen MR) is 78.9 cm³/mol. The van der Waals surface area contributed by atoms with E-state index >= 15 is 0 Å². The van der Waals surface area contributed by atoms with Crippen LogP contribution in [0.3, 0.4) is 0 Å². The highest BCUT2D eigenvalue weighted by Gasteiger charge is 2.09. The van der Waals surface area contributed by atoms with Gasteiger partial charge in [-0.1, -0.05) is 36.5 Å². The van der Waals surface area contributed by atoms with Gasteiger partial charge in [0.15, 0.2) is 0 Å². The fourth-order valence-corrected chi connectivity index (χ4v) is 2.05. The van der Waals surface area contributed by atoms with Gasteiger partial charge in [0.2, 0.25) is 0 Å². The highest BCUT2D eigenvalue weighted by atomic mass is 35.5. The van der Waals surface area contributed by atoms with Crippen molar-refractivity contribution in [3.8, 4) is 5.75 Å². The highest BCUT2D eigenvalue weighted by Crippen LogP contribution is 2.28. The summed E-state index contributed by atoms with van der Waals surface area (Å²) in [5.41, 5.74) is 0. The number of halogens is 2. The number of hydrogen-bond acceptors (Lipinski definition) is 2. The van der Waals surface area contributed by atoms with Crippen LogP contribution in [0.4, 0.5) is 0 Å². The summed E-state index contributed by atoms with van der Waals surface area (Å²) in [5, 5.41) is 4.66. The summed E-state index contributed by atoms with van der Waals surface area (Å²) >= 11 is 12.0. The molecule has 0 fully saturated rings. The minimum atomic E-state index is 0.0558. The Morgan fingerprint density at radius 1 is 1.28 bits per heavy atom. The van der Waals surface area contributed by atoms with Gasteiger partial charge in [0, 0.05) is 23.7 Å². The normalized spacial score (nSPS) is 14.3. The van der Waals surface area contributed by atoms with Crippen LogP contribution in [-0.2, 0) is 0 Å². The molecule has 2 atom stereocenters. The molecule has 1 rings (SSSR count). The second kappa shape index (κ2) is 7.88. The van der Waals surface area contributed by atoms with Crippen molar-refractivity contribution in [1.82, 2.24) is 5.32 Å². The quantitative estimate of drug-likeness (QED) is 0.796. The van der Waals surface area contributed by atoms with Gasteiger partial charge in [0.05, 0.1) is 5.02 Å². The molecule has 1 aromatic rings. The first kappa shape index (κ1) is 15.6. The van der Waals surface area contributed by atoms with Crippen molar-refractivity contribution < 1.29 is 4.74 Å². The average Bonchev–Trinajstić information content (AvgIpc) is 2.32. The molecule has 0 aromatic heterocycles. The minimum absolute atomic E-state index is 0.0558. The first-order valence-electron chi connectivity index (χ1n) is 6.38. The van der Waals surface area contributed by atoms with Gasteiger partial charge in [0.25, 0.3) is 0 Å². The first-order valence-corrected chi connectivity index (χ1v) is 7.13. The summed E-state index contributed by atoms with van der Waals surface area (Å²) in [4.78, 5) is 0. The van der Waals surface area contributed by atoms with Crippen molar-refractivity contribution in [3.05, 3.63) is 28.2 Å². The lowest BCUT2D eigenvalue weighted by Gasteiger charge is -2.19. The molecule has 2 nitrogen and oxygen atoms in total. The van der Waals surface area contributed by atoms with Gasteiger partial charge in [-0.25, -0.2) is 0 Å². The van der Waals surface area contributed by atoms with Crippen LogP contribution in [-0.4, -0.2) is 18.7 Å². The molecular formula is C14H21Cl2NO. The van der Waals surface area contributed by atoms with E-state index in [0.717, 1.165) is 6.54 Å². The van der Waals surface area contributed by atoms with Gasteiger partial charge in [-0.3, -0.25) is 0 Å². The van der Waals surface area contributed by atoms with Gasteiger partial charge >= 0.3 is 0 Å². The molecule has 0 aliphatic rings. The number of ether oxygens (including phenoxy) is 1. The lowest BCUT2D eigenvalue weighted by atomic mass is 10.2. The molecule has 1 aromatic carbocycles. The average molecular weight is 290 g/mol. The molecule has 0 aliphatic carbocycles.